The van der Waals surface area contributed by atoms with Crippen LogP contribution in [0.5, 0.6) is 0 Å². The van der Waals surface area contributed by atoms with Gasteiger partial charge in [-0.25, -0.2) is 9.98 Å². The number of aryl methyl sites for hydroxylation is 2. The van der Waals surface area contributed by atoms with E-state index in [0.29, 0.717) is 5.89 Å². The maximum absolute atomic E-state index is 5.65. The van der Waals surface area contributed by atoms with Gasteiger partial charge in [-0.2, -0.15) is 0 Å². The van der Waals surface area contributed by atoms with E-state index in [0.717, 1.165) is 36.2 Å². The van der Waals surface area contributed by atoms with E-state index in [1.165, 1.54) is 5.56 Å². The van der Waals surface area contributed by atoms with Gasteiger partial charge in [0.05, 0.1) is 11.4 Å². The van der Waals surface area contributed by atoms with Crippen LogP contribution < -0.4 is 5.55 Å². The number of para-hydroxylation sites is 1. The summed E-state index contributed by atoms with van der Waals surface area (Å²) in [5.74, 6) is 0.695. The van der Waals surface area contributed by atoms with E-state index in [9.17, 15) is 0 Å². The van der Waals surface area contributed by atoms with Gasteiger partial charge in [-0.15, -0.1) is 0 Å². The number of nitrogens with zero attached hydrogens (tertiary/aromatic N) is 2. The van der Waals surface area contributed by atoms with E-state index >= 15 is 0 Å². The van der Waals surface area contributed by atoms with Crippen LogP contribution in [0.15, 0.2) is 39.7 Å². The predicted octanol–water partition coefficient (Wildman–Crippen LogP) is 2.70. The Morgan fingerprint density at radius 2 is 2.00 bits per heavy atom. The Balaban J connectivity index is 2.18. The lowest BCUT2D eigenvalue weighted by Crippen LogP contribution is -2.11. The molecule has 0 saturated carbocycles. The molecule has 1 aliphatic carbocycles. The molecule has 0 radical (unpaired) electrons. The fraction of sp³-hybridized carbons (Fsp3) is 0.286. The topological polar surface area (TPSA) is 38.4 Å². The summed E-state index contributed by atoms with van der Waals surface area (Å²) in [4.78, 5) is 9.00. The van der Waals surface area contributed by atoms with Gasteiger partial charge in [0.15, 0.2) is 5.89 Å². The Morgan fingerprint density at radius 3 is 2.82 bits per heavy atom. The highest BCUT2D eigenvalue weighted by Crippen LogP contribution is 2.17. The lowest BCUT2D eigenvalue weighted by atomic mass is 10.2. The molecule has 1 heterocycles. The number of rotatable bonds is 1. The molecule has 0 amide bonds. The van der Waals surface area contributed by atoms with Crippen molar-refractivity contribution in [2.75, 3.05) is 0 Å². The molecular weight excluding hydrogens is 212 g/mol. The number of benzene rings is 1. The second-order valence-electron chi connectivity index (χ2n) is 4.26. The molecule has 0 aliphatic heterocycles. The van der Waals surface area contributed by atoms with E-state index in [-0.39, 0.29) is 0 Å². The largest absolute Gasteiger partial charge is 0.425 e. The molecule has 3 nitrogen and oxygen atoms in total. The Labute approximate surface area is 99.9 Å². The molecular formula is C14H14N2O. The summed E-state index contributed by atoms with van der Waals surface area (Å²) in [5, 5.41) is 0. The molecule has 0 bridgehead atoms. The van der Waals surface area contributed by atoms with Crippen molar-refractivity contribution in [3.8, 4) is 0 Å². The zero-order valence-corrected chi connectivity index (χ0v) is 9.81. The first-order chi connectivity index (χ1) is 8.33. The summed E-state index contributed by atoms with van der Waals surface area (Å²) >= 11 is 0. The van der Waals surface area contributed by atoms with Crippen LogP contribution >= 0.6 is 0 Å². The summed E-state index contributed by atoms with van der Waals surface area (Å²) in [6, 6.07) is 9.90. The van der Waals surface area contributed by atoms with Gasteiger partial charge in [0.2, 0.25) is 5.55 Å². The Bertz CT molecular complexity index is 599. The van der Waals surface area contributed by atoms with Gasteiger partial charge >= 0.3 is 0 Å². The first-order valence-corrected chi connectivity index (χ1v) is 5.92. The van der Waals surface area contributed by atoms with Crippen LogP contribution in [-0.2, 0) is 12.8 Å². The molecule has 2 aromatic rings. The third-order valence-corrected chi connectivity index (χ3v) is 2.97. The molecule has 0 saturated heterocycles. The Morgan fingerprint density at radius 1 is 1.18 bits per heavy atom. The van der Waals surface area contributed by atoms with E-state index in [1.54, 1.807) is 0 Å². The predicted molar refractivity (Wildman–Crippen MR) is 64.9 cm³/mol. The van der Waals surface area contributed by atoms with Gasteiger partial charge in [-0.05, 0) is 31.4 Å². The van der Waals surface area contributed by atoms with E-state index in [2.05, 4.69) is 9.98 Å². The Kier molecular flexibility index (Phi) is 2.52. The molecule has 17 heavy (non-hydrogen) atoms. The van der Waals surface area contributed by atoms with Crippen molar-refractivity contribution in [2.45, 2.75) is 26.2 Å². The monoisotopic (exact) mass is 226 g/mol. The van der Waals surface area contributed by atoms with Crippen LogP contribution in [0.3, 0.4) is 0 Å². The second kappa shape index (κ2) is 4.17. The van der Waals surface area contributed by atoms with Crippen molar-refractivity contribution in [2.24, 2.45) is 4.99 Å². The van der Waals surface area contributed by atoms with Crippen molar-refractivity contribution in [3.63, 3.8) is 0 Å². The van der Waals surface area contributed by atoms with Crippen molar-refractivity contribution in [1.82, 2.24) is 4.98 Å². The van der Waals surface area contributed by atoms with Crippen molar-refractivity contribution in [1.29, 1.82) is 0 Å². The minimum Gasteiger partial charge on any atom is -0.425 e. The lowest BCUT2D eigenvalue weighted by Gasteiger charge is -2.00. The van der Waals surface area contributed by atoms with Gasteiger partial charge in [-0.1, -0.05) is 18.2 Å². The van der Waals surface area contributed by atoms with Crippen molar-refractivity contribution >= 4 is 5.69 Å². The first kappa shape index (κ1) is 10.3. The molecule has 0 atom stereocenters. The SMILES string of the molecule is Cc1nc2c(c(=Nc3ccccc3)o1)CCC2. The number of hydrogen-bond donors (Lipinski definition) is 0. The fourth-order valence-electron chi connectivity index (χ4n) is 2.21. The Hall–Kier alpha value is -1.90. The number of fused-ring (bicyclic) bond motifs is 1. The second-order valence-corrected chi connectivity index (χ2v) is 4.26. The molecule has 3 heteroatoms. The summed E-state index contributed by atoms with van der Waals surface area (Å²) in [6.45, 7) is 1.88. The molecule has 1 aromatic carbocycles. The van der Waals surface area contributed by atoms with Crippen molar-refractivity contribution < 1.29 is 4.42 Å². The third-order valence-electron chi connectivity index (χ3n) is 2.97. The first-order valence-electron chi connectivity index (χ1n) is 5.92. The van der Waals surface area contributed by atoms with Crippen molar-refractivity contribution in [3.05, 3.63) is 53.0 Å². The zero-order chi connectivity index (χ0) is 11.7. The van der Waals surface area contributed by atoms with Crippen LogP contribution in [0.25, 0.3) is 0 Å². The number of hydrogen-bond acceptors (Lipinski definition) is 3. The van der Waals surface area contributed by atoms with E-state index in [1.807, 2.05) is 37.3 Å². The van der Waals surface area contributed by atoms with Gasteiger partial charge in [0.25, 0.3) is 0 Å². The summed E-state index contributed by atoms with van der Waals surface area (Å²) < 4.78 is 5.65. The molecule has 0 N–H and O–H groups in total. The van der Waals surface area contributed by atoms with Gasteiger partial charge < -0.3 is 4.42 Å². The normalized spacial score (nSPS) is 15.0. The highest BCUT2D eigenvalue weighted by Gasteiger charge is 2.16. The maximum Gasteiger partial charge on any atom is 0.226 e. The van der Waals surface area contributed by atoms with E-state index < -0.39 is 0 Å². The molecule has 1 aliphatic rings. The van der Waals surface area contributed by atoms with Crippen LogP contribution in [0.2, 0.25) is 0 Å². The molecule has 0 unspecified atom stereocenters. The minimum atomic E-state index is 0.695. The highest BCUT2D eigenvalue weighted by molar-refractivity contribution is 5.36. The summed E-state index contributed by atoms with van der Waals surface area (Å²) in [6.07, 6.45) is 3.22. The lowest BCUT2D eigenvalue weighted by molar-refractivity contribution is 0.436. The number of aromatic nitrogens is 1. The molecule has 3 rings (SSSR count). The average Bonchev–Trinajstić information content (AvgIpc) is 2.78. The van der Waals surface area contributed by atoms with Crippen LogP contribution in [0, 0.1) is 6.92 Å². The summed E-state index contributed by atoms with van der Waals surface area (Å²) in [7, 11) is 0. The maximum atomic E-state index is 5.65. The third kappa shape index (κ3) is 2.00. The van der Waals surface area contributed by atoms with E-state index in [4.69, 9.17) is 4.42 Å². The van der Waals surface area contributed by atoms with Gasteiger partial charge in [0.1, 0.15) is 0 Å². The van der Waals surface area contributed by atoms with Gasteiger partial charge in [0, 0.05) is 12.5 Å². The molecule has 0 spiro atoms. The van der Waals surface area contributed by atoms with Gasteiger partial charge in [-0.3, -0.25) is 0 Å². The highest BCUT2D eigenvalue weighted by atomic mass is 16.3. The summed E-state index contributed by atoms with van der Waals surface area (Å²) in [5.41, 5.74) is 4.00. The zero-order valence-electron chi connectivity index (χ0n) is 9.81. The van der Waals surface area contributed by atoms with Crippen LogP contribution in [0.1, 0.15) is 23.6 Å². The smallest absolute Gasteiger partial charge is 0.226 e. The molecule has 0 fully saturated rings. The fourth-order valence-corrected chi connectivity index (χ4v) is 2.21. The molecule has 1 aromatic heterocycles. The average molecular weight is 226 g/mol. The van der Waals surface area contributed by atoms with Crippen LogP contribution in [-0.4, -0.2) is 4.98 Å². The van der Waals surface area contributed by atoms with Crippen LogP contribution in [0.4, 0.5) is 5.69 Å². The molecule has 86 valence electrons. The standard InChI is InChI=1S/C14H14N2O/c1-10-15-13-9-5-8-12(13)14(17-10)16-11-6-3-2-4-7-11/h2-4,6-7H,5,8-9H2,1H3. The quantitative estimate of drug-likeness (QED) is 0.749. The minimum absolute atomic E-state index is 0.695.